The summed E-state index contributed by atoms with van der Waals surface area (Å²) in [7, 11) is 0. The van der Waals surface area contributed by atoms with Crippen LogP contribution in [0.1, 0.15) is 39.5 Å². The summed E-state index contributed by atoms with van der Waals surface area (Å²) in [5, 5.41) is 15.3. The van der Waals surface area contributed by atoms with Crippen LogP contribution >= 0.6 is 0 Å². The number of nitrogens with one attached hydrogen (secondary N) is 2. The first-order valence-electron chi connectivity index (χ1n) is 6.29. The fraction of sp³-hybridized carbons (Fsp3) is 0.917. The molecule has 1 unspecified atom stereocenters. The normalized spacial score (nSPS) is 18.8. The predicted octanol–water partition coefficient (Wildman–Crippen LogP) is 1.49. The van der Waals surface area contributed by atoms with Gasteiger partial charge in [-0.2, -0.15) is 0 Å². The molecule has 1 fully saturated rings. The molecule has 1 atom stereocenters. The van der Waals surface area contributed by atoms with E-state index in [0.717, 1.165) is 12.8 Å². The lowest BCUT2D eigenvalue weighted by molar-refractivity contribution is 0.111. The summed E-state index contributed by atoms with van der Waals surface area (Å²) in [6, 6.07) is -0.175. The third-order valence-electron chi connectivity index (χ3n) is 3.09. The Hall–Kier alpha value is -0.770. The standard InChI is InChI=1S/C12H24N2O2/c1-9(2)7-13-12(16)14-8-11(15)10-5-3-4-6-10/h9-11,15H,3-8H2,1-2H3,(H2,13,14,16). The summed E-state index contributed by atoms with van der Waals surface area (Å²) < 4.78 is 0. The molecule has 16 heavy (non-hydrogen) atoms. The molecule has 3 N–H and O–H groups in total. The number of amides is 2. The minimum atomic E-state index is -0.382. The van der Waals surface area contributed by atoms with Gasteiger partial charge in [0.1, 0.15) is 0 Å². The Balaban J connectivity index is 2.10. The third kappa shape index (κ3) is 4.84. The van der Waals surface area contributed by atoms with Gasteiger partial charge in [0, 0.05) is 13.1 Å². The van der Waals surface area contributed by atoms with E-state index in [1.165, 1.54) is 12.8 Å². The van der Waals surface area contributed by atoms with Crippen molar-refractivity contribution in [3.63, 3.8) is 0 Å². The molecule has 0 aromatic heterocycles. The second-order valence-corrected chi connectivity index (χ2v) is 5.10. The Bertz CT molecular complexity index is 213. The van der Waals surface area contributed by atoms with Gasteiger partial charge in [-0.15, -0.1) is 0 Å². The van der Waals surface area contributed by atoms with Gasteiger partial charge in [0.2, 0.25) is 0 Å². The van der Waals surface area contributed by atoms with Crippen molar-refractivity contribution < 1.29 is 9.90 Å². The number of aliphatic hydroxyl groups is 1. The molecule has 94 valence electrons. The third-order valence-corrected chi connectivity index (χ3v) is 3.09. The van der Waals surface area contributed by atoms with E-state index in [1.807, 2.05) is 13.8 Å². The van der Waals surface area contributed by atoms with E-state index in [0.29, 0.717) is 24.9 Å². The molecule has 1 aliphatic carbocycles. The van der Waals surface area contributed by atoms with Crippen LogP contribution in [0.2, 0.25) is 0 Å². The molecule has 0 radical (unpaired) electrons. The van der Waals surface area contributed by atoms with Crippen molar-refractivity contribution in [2.75, 3.05) is 13.1 Å². The van der Waals surface area contributed by atoms with Crippen molar-refractivity contribution in [2.24, 2.45) is 11.8 Å². The SMILES string of the molecule is CC(C)CNC(=O)NCC(O)C1CCCC1. The largest absolute Gasteiger partial charge is 0.391 e. The van der Waals surface area contributed by atoms with Gasteiger partial charge < -0.3 is 15.7 Å². The average Bonchev–Trinajstić information content (AvgIpc) is 2.76. The van der Waals surface area contributed by atoms with Crippen molar-refractivity contribution in [1.29, 1.82) is 0 Å². The van der Waals surface area contributed by atoms with Crippen LogP contribution in [0.25, 0.3) is 0 Å². The van der Waals surface area contributed by atoms with Crippen LogP contribution in [0.4, 0.5) is 4.79 Å². The zero-order valence-electron chi connectivity index (χ0n) is 10.3. The van der Waals surface area contributed by atoms with Gasteiger partial charge in [0.25, 0.3) is 0 Å². The van der Waals surface area contributed by atoms with E-state index in [2.05, 4.69) is 10.6 Å². The Morgan fingerprint density at radius 3 is 2.38 bits per heavy atom. The van der Waals surface area contributed by atoms with Gasteiger partial charge in [-0.3, -0.25) is 0 Å². The van der Waals surface area contributed by atoms with Gasteiger partial charge in [-0.1, -0.05) is 26.7 Å². The van der Waals surface area contributed by atoms with E-state index in [-0.39, 0.29) is 12.1 Å². The number of hydrogen-bond acceptors (Lipinski definition) is 2. The van der Waals surface area contributed by atoms with Crippen LogP contribution < -0.4 is 10.6 Å². The highest BCUT2D eigenvalue weighted by atomic mass is 16.3. The number of carbonyl (C=O) groups is 1. The number of hydrogen-bond donors (Lipinski definition) is 3. The summed E-state index contributed by atoms with van der Waals surface area (Å²) in [5.41, 5.74) is 0. The van der Waals surface area contributed by atoms with E-state index >= 15 is 0 Å². The molecular formula is C12H24N2O2. The van der Waals surface area contributed by atoms with Crippen molar-refractivity contribution in [3.8, 4) is 0 Å². The number of carbonyl (C=O) groups excluding carboxylic acids is 1. The zero-order chi connectivity index (χ0) is 12.0. The topological polar surface area (TPSA) is 61.4 Å². The van der Waals surface area contributed by atoms with Crippen LogP contribution in [0.3, 0.4) is 0 Å². The minimum Gasteiger partial charge on any atom is -0.391 e. The van der Waals surface area contributed by atoms with Crippen LogP contribution in [-0.2, 0) is 0 Å². The molecule has 2 amide bonds. The zero-order valence-corrected chi connectivity index (χ0v) is 10.3. The van der Waals surface area contributed by atoms with Crippen LogP contribution in [-0.4, -0.2) is 30.3 Å². The molecule has 1 saturated carbocycles. The fourth-order valence-corrected chi connectivity index (χ4v) is 2.07. The lowest BCUT2D eigenvalue weighted by Crippen LogP contribution is -2.42. The molecule has 0 saturated heterocycles. The number of rotatable bonds is 5. The van der Waals surface area contributed by atoms with Gasteiger partial charge >= 0.3 is 6.03 Å². The van der Waals surface area contributed by atoms with Gasteiger partial charge in [0.15, 0.2) is 0 Å². The molecule has 0 spiro atoms. The number of aliphatic hydroxyl groups excluding tert-OH is 1. The van der Waals surface area contributed by atoms with E-state index in [1.54, 1.807) is 0 Å². The van der Waals surface area contributed by atoms with E-state index in [4.69, 9.17) is 0 Å². The minimum absolute atomic E-state index is 0.175. The number of urea groups is 1. The molecule has 0 aromatic carbocycles. The molecule has 1 rings (SSSR count). The first-order valence-corrected chi connectivity index (χ1v) is 6.29. The molecule has 0 heterocycles. The average molecular weight is 228 g/mol. The van der Waals surface area contributed by atoms with Gasteiger partial charge in [-0.25, -0.2) is 4.79 Å². The maximum Gasteiger partial charge on any atom is 0.314 e. The first kappa shape index (κ1) is 13.3. The summed E-state index contributed by atoms with van der Waals surface area (Å²) in [6.07, 6.45) is 4.22. The molecule has 0 aromatic rings. The van der Waals surface area contributed by atoms with Crippen LogP contribution in [0.5, 0.6) is 0 Å². The molecule has 0 bridgehead atoms. The molecule has 0 aliphatic heterocycles. The highest BCUT2D eigenvalue weighted by Crippen LogP contribution is 2.27. The lowest BCUT2D eigenvalue weighted by atomic mass is 10.0. The smallest absolute Gasteiger partial charge is 0.314 e. The Kier molecular flexibility index (Phi) is 5.60. The lowest BCUT2D eigenvalue weighted by Gasteiger charge is -2.18. The van der Waals surface area contributed by atoms with E-state index in [9.17, 15) is 9.90 Å². The highest BCUT2D eigenvalue weighted by Gasteiger charge is 2.23. The van der Waals surface area contributed by atoms with Crippen LogP contribution in [0, 0.1) is 11.8 Å². The first-order chi connectivity index (χ1) is 7.59. The highest BCUT2D eigenvalue weighted by molar-refractivity contribution is 5.73. The maximum absolute atomic E-state index is 11.3. The van der Waals surface area contributed by atoms with Crippen molar-refractivity contribution >= 4 is 6.03 Å². The summed E-state index contributed by atoms with van der Waals surface area (Å²) >= 11 is 0. The summed E-state index contributed by atoms with van der Waals surface area (Å²) in [5.74, 6) is 0.830. The van der Waals surface area contributed by atoms with E-state index < -0.39 is 0 Å². The second kappa shape index (κ2) is 6.74. The molecule has 4 heteroatoms. The molecular weight excluding hydrogens is 204 g/mol. The molecule has 4 nitrogen and oxygen atoms in total. The molecule has 1 aliphatic rings. The van der Waals surface area contributed by atoms with Gasteiger partial charge in [0.05, 0.1) is 6.10 Å². The predicted molar refractivity (Wildman–Crippen MR) is 64.2 cm³/mol. The summed E-state index contributed by atoms with van der Waals surface area (Å²) in [6.45, 7) is 5.14. The van der Waals surface area contributed by atoms with Crippen molar-refractivity contribution in [1.82, 2.24) is 10.6 Å². The second-order valence-electron chi connectivity index (χ2n) is 5.10. The quantitative estimate of drug-likeness (QED) is 0.667. The van der Waals surface area contributed by atoms with Gasteiger partial charge in [-0.05, 0) is 24.7 Å². The monoisotopic (exact) mass is 228 g/mol. The fourth-order valence-electron chi connectivity index (χ4n) is 2.07. The summed E-state index contributed by atoms with van der Waals surface area (Å²) in [4.78, 5) is 11.3. The van der Waals surface area contributed by atoms with Crippen molar-refractivity contribution in [2.45, 2.75) is 45.6 Å². The Morgan fingerprint density at radius 1 is 1.25 bits per heavy atom. The Labute approximate surface area is 97.8 Å². The Morgan fingerprint density at radius 2 is 1.81 bits per heavy atom. The van der Waals surface area contributed by atoms with Crippen LogP contribution in [0.15, 0.2) is 0 Å². The van der Waals surface area contributed by atoms with Crippen molar-refractivity contribution in [3.05, 3.63) is 0 Å². The maximum atomic E-state index is 11.3.